The minimum Gasteiger partial charge on any atom is -0.508 e. The van der Waals surface area contributed by atoms with Crippen LogP contribution in [0.4, 0.5) is 0 Å². The smallest absolute Gasteiger partial charge is 0.326 e. The van der Waals surface area contributed by atoms with Crippen molar-refractivity contribution in [2.24, 2.45) is 0 Å². The average molecular weight is 329 g/mol. The number of aromatic hydroxyl groups is 1. The number of benzene rings is 2. The minimum absolute atomic E-state index is 0.0966. The topological polar surface area (TPSA) is 95.9 Å². The third-order valence-corrected chi connectivity index (χ3v) is 3.66. The van der Waals surface area contributed by atoms with Crippen LogP contribution in [0, 0.1) is 6.92 Å². The van der Waals surface area contributed by atoms with Crippen LogP contribution in [0.15, 0.2) is 42.5 Å². The number of nitrogens with one attached hydrogen (secondary N) is 1. The van der Waals surface area contributed by atoms with E-state index in [0.29, 0.717) is 22.4 Å². The first kappa shape index (κ1) is 17.3. The maximum atomic E-state index is 12.5. The molecule has 2 aromatic rings. The quantitative estimate of drug-likeness (QED) is 0.754. The van der Waals surface area contributed by atoms with Gasteiger partial charge in [0, 0.05) is 6.42 Å². The zero-order chi connectivity index (χ0) is 17.7. The molecule has 1 amide bonds. The summed E-state index contributed by atoms with van der Waals surface area (Å²) >= 11 is 0. The van der Waals surface area contributed by atoms with Gasteiger partial charge in [-0.05, 0) is 36.2 Å². The number of aliphatic carboxylic acids is 1. The Hall–Kier alpha value is -3.02. The largest absolute Gasteiger partial charge is 0.508 e. The van der Waals surface area contributed by atoms with Gasteiger partial charge in [-0.3, -0.25) is 4.79 Å². The highest BCUT2D eigenvalue weighted by molar-refractivity contribution is 6.00. The molecular formula is C18H19NO5. The Balaban J connectivity index is 2.20. The fourth-order valence-electron chi connectivity index (χ4n) is 2.40. The van der Waals surface area contributed by atoms with Crippen molar-refractivity contribution >= 4 is 11.9 Å². The lowest BCUT2D eigenvalue weighted by Gasteiger charge is -2.17. The van der Waals surface area contributed by atoms with E-state index in [9.17, 15) is 19.8 Å². The van der Waals surface area contributed by atoms with E-state index in [2.05, 4.69) is 5.32 Å². The number of aryl methyl sites for hydroxylation is 1. The maximum absolute atomic E-state index is 12.5. The fourth-order valence-corrected chi connectivity index (χ4v) is 2.40. The van der Waals surface area contributed by atoms with Gasteiger partial charge in [-0.15, -0.1) is 0 Å². The number of phenolic OH excluding ortho intramolecular Hbond substituents is 1. The molecule has 2 rings (SSSR count). The van der Waals surface area contributed by atoms with Crippen molar-refractivity contribution < 1.29 is 24.5 Å². The molecule has 2 aromatic carbocycles. The Kier molecular flexibility index (Phi) is 5.42. The van der Waals surface area contributed by atoms with E-state index < -0.39 is 17.9 Å². The lowest BCUT2D eigenvalue weighted by atomic mass is 10.0. The lowest BCUT2D eigenvalue weighted by Crippen LogP contribution is -2.42. The van der Waals surface area contributed by atoms with Gasteiger partial charge < -0.3 is 20.3 Å². The van der Waals surface area contributed by atoms with E-state index in [-0.39, 0.29) is 12.2 Å². The summed E-state index contributed by atoms with van der Waals surface area (Å²) in [5.74, 6) is -1.15. The highest BCUT2D eigenvalue weighted by Gasteiger charge is 2.23. The van der Waals surface area contributed by atoms with Crippen LogP contribution < -0.4 is 10.1 Å². The molecule has 126 valence electrons. The molecule has 6 heteroatoms. The van der Waals surface area contributed by atoms with Gasteiger partial charge >= 0.3 is 5.97 Å². The Labute approximate surface area is 139 Å². The molecular weight excluding hydrogens is 310 g/mol. The van der Waals surface area contributed by atoms with Crippen molar-refractivity contribution in [1.29, 1.82) is 0 Å². The van der Waals surface area contributed by atoms with Gasteiger partial charge in [-0.25, -0.2) is 4.79 Å². The summed E-state index contributed by atoms with van der Waals surface area (Å²) in [6, 6.07) is 10.3. The first-order valence-corrected chi connectivity index (χ1v) is 7.37. The number of ether oxygens (including phenoxy) is 1. The molecule has 0 aromatic heterocycles. The van der Waals surface area contributed by atoms with Gasteiger partial charge in [0.2, 0.25) is 0 Å². The summed E-state index contributed by atoms with van der Waals surface area (Å²) in [4.78, 5) is 24.0. The molecule has 0 radical (unpaired) electrons. The van der Waals surface area contributed by atoms with Crippen molar-refractivity contribution in [1.82, 2.24) is 5.32 Å². The van der Waals surface area contributed by atoms with Gasteiger partial charge in [0.05, 0.1) is 12.7 Å². The SMILES string of the molecule is COc1cccc(C)c1C(=O)N[C@@H](Cc1ccc(O)cc1)C(=O)O. The molecule has 0 fully saturated rings. The Morgan fingerprint density at radius 2 is 1.83 bits per heavy atom. The number of rotatable bonds is 6. The van der Waals surface area contributed by atoms with Crippen LogP contribution >= 0.6 is 0 Å². The first-order chi connectivity index (χ1) is 11.4. The highest BCUT2D eigenvalue weighted by atomic mass is 16.5. The second-order valence-electron chi connectivity index (χ2n) is 5.39. The number of hydrogen-bond acceptors (Lipinski definition) is 4. The van der Waals surface area contributed by atoms with Gasteiger partial charge in [0.1, 0.15) is 17.5 Å². The maximum Gasteiger partial charge on any atom is 0.326 e. The molecule has 0 aliphatic carbocycles. The lowest BCUT2D eigenvalue weighted by molar-refractivity contribution is -0.139. The summed E-state index contributed by atoms with van der Waals surface area (Å²) in [5.41, 5.74) is 1.70. The van der Waals surface area contributed by atoms with Gasteiger partial charge in [0.25, 0.3) is 5.91 Å². The fraction of sp³-hybridized carbons (Fsp3) is 0.222. The van der Waals surface area contributed by atoms with Crippen LogP contribution in [0.1, 0.15) is 21.5 Å². The number of phenols is 1. The predicted molar refractivity (Wildman–Crippen MR) is 88.4 cm³/mol. The van der Waals surface area contributed by atoms with Crippen LogP contribution in [0.25, 0.3) is 0 Å². The molecule has 0 saturated carbocycles. The summed E-state index contributed by atoms with van der Waals surface area (Å²) in [6.45, 7) is 1.76. The predicted octanol–water partition coefficient (Wildman–Crippen LogP) is 2.13. The third-order valence-electron chi connectivity index (χ3n) is 3.66. The molecule has 0 aliphatic rings. The normalized spacial score (nSPS) is 11.6. The van der Waals surface area contributed by atoms with E-state index >= 15 is 0 Å². The molecule has 0 spiro atoms. The van der Waals surface area contributed by atoms with Crippen LogP contribution in [-0.4, -0.2) is 35.2 Å². The van der Waals surface area contributed by atoms with Gasteiger partial charge in [-0.1, -0.05) is 24.3 Å². The molecule has 1 atom stereocenters. The van der Waals surface area contributed by atoms with E-state index in [4.69, 9.17) is 4.74 Å². The van der Waals surface area contributed by atoms with Crippen molar-refractivity contribution in [2.45, 2.75) is 19.4 Å². The van der Waals surface area contributed by atoms with Crippen LogP contribution in [-0.2, 0) is 11.2 Å². The molecule has 0 bridgehead atoms. The average Bonchev–Trinajstić information content (AvgIpc) is 2.55. The highest BCUT2D eigenvalue weighted by Crippen LogP contribution is 2.22. The molecule has 0 heterocycles. The second-order valence-corrected chi connectivity index (χ2v) is 5.39. The van der Waals surface area contributed by atoms with Crippen molar-refractivity contribution in [3.8, 4) is 11.5 Å². The zero-order valence-corrected chi connectivity index (χ0v) is 13.4. The molecule has 3 N–H and O–H groups in total. The van der Waals surface area contributed by atoms with E-state index in [0.717, 1.165) is 0 Å². The first-order valence-electron chi connectivity index (χ1n) is 7.37. The third kappa shape index (κ3) is 4.04. The minimum atomic E-state index is -1.14. The Morgan fingerprint density at radius 1 is 1.17 bits per heavy atom. The summed E-state index contributed by atoms with van der Waals surface area (Å²) < 4.78 is 5.18. The van der Waals surface area contributed by atoms with E-state index in [1.807, 2.05) is 0 Å². The van der Waals surface area contributed by atoms with E-state index in [1.54, 1.807) is 37.3 Å². The van der Waals surface area contributed by atoms with Crippen LogP contribution in [0.3, 0.4) is 0 Å². The molecule has 24 heavy (non-hydrogen) atoms. The molecule has 0 unspecified atom stereocenters. The zero-order valence-electron chi connectivity index (χ0n) is 13.4. The molecule has 6 nitrogen and oxygen atoms in total. The number of carbonyl (C=O) groups excluding carboxylic acids is 1. The monoisotopic (exact) mass is 329 g/mol. The van der Waals surface area contributed by atoms with Crippen molar-refractivity contribution in [3.63, 3.8) is 0 Å². The molecule has 0 saturated heterocycles. The molecule has 0 aliphatic heterocycles. The second kappa shape index (κ2) is 7.50. The van der Waals surface area contributed by atoms with Crippen molar-refractivity contribution in [3.05, 3.63) is 59.2 Å². The van der Waals surface area contributed by atoms with E-state index in [1.165, 1.54) is 19.2 Å². The number of carboxylic acids is 1. The Bertz CT molecular complexity index is 740. The summed E-state index contributed by atoms with van der Waals surface area (Å²) in [7, 11) is 1.46. The Morgan fingerprint density at radius 3 is 2.42 bits per heavy atom. The number of amides is 1. The van der Waals surface area contributed by atoms with Crippen LogP contribution in [0.5, 0.6) is 11.5 Å². The number of hydrogen-bond donors (Lipinski definition) is 3. The van der Waals surface area contributed by atoms with Crippen molar-refractivity contribution in [2.75, 3.05) is 7.11 Å². The van der Waals surface area contributed by atoms with Gasteiger partial charge in [-0.2, -0.15) is 0 Å². The summed E-state index contributed by atoms with van der Waals surface area (Å²) in [6.07, 6.45) is 0.107. The number of methoxy groups -OCH3 is 1. The number of carboxylic acid groups (broad SMARTS) is 1. The van der Waals surface area contributed by atoms with Crippen LogP contribution in [0.2, 0.25) is 0 Å². The summed E-state index contributed by atoms with van der Waals surface area (Å²) in [5, 5.41) is 21.2. The standard InChI is InChI=1S/C18H19NO5/c1-11-4-3-5-15(24-2)16(11)17(21)19-14(18(22)23)10-12-6-8-13(20)9-7-12/h3-9,14,20H,10H2,1-2H3,(H,19,21)(H,22,23)/t14-/m0/s1. The number of carbonyl (C=O) groups is 2. The van der Waals surface area contributed by atoms with Gasteiger partial charge in [0.15, 0.2) is 0 Å².